The van der Waals surface area contributed by atoms with Crippen LogP contribution in [0.25, 0.3) is 33.2 Å². The average Bonchev–Trinajstić information content (AvgIpc) is 3.61. The number of aromatic nitrogens is 4. The highest BCUT2D eigenvalue weighted by Gasteiger charge is 2.30. The maximum atomic E-state index is 12.5. The van der Waals surface area contributed by atoms with Gasteiger partial charge in [0, 0.05) is 58.0 Å². The van der Waals surface area contributed by atoms with E-state index in [1.165, 1.54) is 0 Å². The van der Waals surface area contributed by atoms with Gasteiger partial charge >= 0.3 is 0 Å². The van der Waals surface area contributed by atoms with Gasteiger partial charge in [-0.3, -0.25) is 4.79 Å². The first-order chi connectivity index (χ1) is 19.9. The molecule has 4 aromatic rings. The molecule has 1 fully saturated rings. The van der Waals surface area contributed by atoms with Crippen LogP contribution in [-0.2, 0) is 27.7 Å². The molecule has 1 aliphatic carbocycles. The maximum absolute atomic E-state index is 12.5. The van der Waals surface area contributed by atoms with Crippen molar-refractivity contribution in [2.24, 2.45) is 5.92 Å². The lowest BCUT2D eigenvalue weighted by molar-refractivity contribution is -0.117. The number of carbonyl (C=O) groups excluding carboxylic acids is 1. The standard InChI is InChI=1S/C31H45N5O4Si2/c1-38-29-23(10-12-26-28(29)32-19-36(26)21-40-15-17-42(5,6)7)25-18-35(20-39-14-16-41(2,3)4)30-24(25)11-13-27(33-30)34-31(37)22-8-9-22/h10-13,18-19,22H,8-9,14-17,20-21H2,1-7H3,(H,33,34,37). The number of fused-ring (bicyclic) bond motifs is 2. The summed E-state index contributed by atoms with van der Waals surface area (Å²) in [5, 5.41) is 3.95. The first-order valence-electron chi connectivity index (χ1n) is 14.9. The number of amides is 1. The average molecular weight is 608 g/mol. The van der Waals surface area contributed by atoms with E-state index in [4.69, 9.17) is 24.2 Å². The van der Waals surface area contributed by atoms with Crippen LogP contribution in [0, 0.1) is 5.92 Å². The monoisotopic (exact) mass is 607 g/mol. The highest BCUT2D eigenvalue weighted by molar-refractivity contribution is 6.76. The highest BCUT2D eigenvalue weighted by atomic mass is 28.3. The summed E-state index contributed by atoms with van der Waals surface area (Å²) in [6, 6.07) is 10.3. The number of nitrogens with zero attached hydrogens (tertiary/aromatic N) is 4. The number of pyridine rings is 1. The Balaban J connectivity index is 1.46. The lowest BCUT2D eigenvalue weighted by atomic mass is 10.0. The maximum Gasteiger partial charge on any atom is 0.228 e. The second-order valence-electron chi connectivity index (χ2n) is 13.8. The number of carbonyl (C=O) groups is 1. The molecule has 0 bridgehead atoms. The Morgan fingerprint density at radius 1 is 0.929 bits per heavy atom. The predicted octanol–water partition coefficient (Wildman–Crippen LogP) is 7.03. The van der Waals surface area contributed by atoms with Crippen LogP contribution in [0.3, 0.4) is 0 Å². The van der Waals surface area contributed by atoms with Gasteiger partial charge in [-0.15, -0.1) is 0 Å². The third-order valence-electron chi connectivity index (χ3n) is 7.62. The van der Waals surface area contributed by atoms with Crippen LogP contribution in [0.4, 0.5) is 5.82 Å². The van der Waals surface area contributed by atoms with Crippen LogP contribution in [0.15, 0.2) is 36.8 Å². The van der Waals surface area contributed by atoms with E-state index >= 15 is 0 Å². The van der Waals surface area contributed by atoms with E-state index < -0.39 is 16.1 Å². The molecule has 0 spiro atoms. The Hall–Kier alpha value is -3.00. The van der Waals surface area contributed by atoms with Crippen LogP contribution < -0.4 is 10.1 Å². The number of methoxy groups -OCH3 is 1. The molecule has 0 aliphatic heterocycles. The normalized spacial score (nSPS) is 14.2. The van der Waals surface area contributed by atoms with Gasteiger partial charge in [0.05, 0.1) is 19.0 Å². The number of hydrogen-bond acceptors (Lipinski definition) is 6. The van der Waals surface area contributed by atoms with Crippen molar-refractivity contribution in [3.05, 3.63) is 36.8 Å². The third kappa shape index (κ3) is 7.31. The number of imidazole rings is 1. The van der Waals surface area contributed by atoms with E-state index in [0.717, 1.165) is 64.7 Å². The first-order valence-corrected chi connectivity index (χ1v) is 22.3. The van der Waals surface area contributed by atoms with Gasteiger partial charge in [0.25, 0.3) is 0 Å². The SMILES string of the molecule is COc1c(-c2cn(COCC[Si](C)(C)C)c3nc(NC(=O)C4CC4)ccc23)ccc2c1ncn2COCC[Si](C)(C)C. The Bertz CT molecular complexity index is 1560. The van der Waals surface area contributed by atoms with Crippen molar-refractivity contribution < 1.29 is 19.0 Å². The summed E-state index contributed by atoms with van der Waals surface area (Å²) in [5.74, 6) is 1.41. The predicted molar refractivity (Wildman–Crippen MR) is 175 cm³/mol. The Labute approximate surface area is 250 Å². The number of nitrogens with one attached hydrogen (secondary N) is 1. The first kappa shape index (κ1) is 30.5. The summed E-state index contributed by atoms with van der Waals surface area (Å²) in [5.41, 5.74) is 4.42. The van der Waals surface area contributed by atoms with E-state index in [2.05, 4.69) is 62.9 Å². The van der Waals surface area contributed by atoms with Gasteiger partial charge in [0.1, 0.15) is 30.4 Å². The zero-order chi connectivity index (χ0) is 30.1. The molecule has 0 atom stereocenters. The van der Waals surface area contributed by atoms with Gasteiger partial charge in [-0.05, 0) is 49.2 Å². The molecule has 42 heavy (non-hydrogen) atoms. The number of hydrogen-bond donors (Lipinski definition) is 1. The van der Waals surface area contributed by atoms with Crippen molar-refractivity contribution >= 4 is 49.9 Å². The van der Waals surface area contributed by atoms with Crippen molar-refractivity contribution in [3.63, 3.8) is 0 Å². The fourth-order valence-electron chi connectivity index (χ4n) is 4.83. The molecule has 1 aromatic carbocycles. The van der Waals surface area contributed by atoms with Crippen molar-refractivity contribution in [2.75, 3.05) is 25.6 Å². The number of ether oxygens (including phenoxy) is 3. The number of rotatable bonds is 14. The van der Waals surface area contributed by atoms with Gasteiger partial charge in [0.2, 0.25) is 5.91 Å². The van der Waals surface area contributed by atoms with E-state index in [1.807, 2.05) is 27.6 Å². The third-order valence-corrected chi connectivity index (χ3v) is 11.0. The molecule has 1 saturated carbocycles. The van der Waals surface area contributed by atoms with Crippen LogP contribution in [-0.4, -0.2) is 61.5 Å². The summed E-state index contributed by atoms with van der Waals surface area (Å²) in [7, 11) is -0.682. The van der Waals surface area contributed by atoms with Crippen LogP contribution in [0.5, 0.6) is 5.75 Å². The van der Waals surface area contributed by atoms with Crippen molar-refractivity contribution in [1.82, 2.24) is 19.1 Å². The minimum Gasteiger partial charge on any atom is -0.494 e. The Kier molecular flexibility index (Phi) is 8.93. The number of benzene rings is 1. The smallest absolute Gasteiger partial charge is 0.228 e. The van der Waals surface area contributed by atoms with E-state index in [9.17, 15) is 4.79 Å². The van der Waals surface area contributed by atoms with Crippen molar-refractivity contribution in [1.29, 1.82) is 0 Å². The minimum absolute atomic E-state index is 0.0405. The second-order valence-corrected chi connectivity index (χ2v) is 25.0. The molecule has 0 radical (unpaired) electrons. The lowest BCUT2D eigenvalue weighted by Crippen LogP contribution is -2.22. The zero-order valence-electron chi connectivity index (χ0n) is 26.1. The zero-order valence-corrected chi connectivity index (χ0v) is 28.1. The molecule has 3 aromatic heterocycles. The molecule has 0 saturated heterocycles. The fourth-order valence-corrected chi connectivity index (χ4v) is 6.34. The van der Waals surface area contributed by atoms with Crippen molar-refractivity contribution in [3.8, 4) is 16.9 Å². The second kappa shape index (κ2) is 12.3. The van der Waals surface area contributed by atoms with Crippen LogP contribution in [0.2, 0.25) is 51.4 Å². The Morgan fingerprint density at radius 2 is 1.60 bits per heavy atom. The molecule has 1 aliphatic rings. The lowest BCUT2D eigenvalue weighted by Gasteiger charge is -2.16. The summed E-state index contributed by atoms with van der Waals surface area (Å²) in [4.78, 5) is 22.0. The van der Waals surface area contributed by atoms with Crippen molar-refractivity contribution in [2.45, 2.75) is 77.7 Å². The summed E-state index contributed by atoms with van der Waals surface area (Å²) in [6.45, 7) is 16.4. The largest absolute Gasteiger partial charge is 0.494 e. The van der Waals surface area contributed by atoms with E-state index in [1.54, 1.807) is 7.11 Å². The summed E-state index contributed by atoms with van der Waals surface area (Å²) in [6.07, 6.45) is 5.78. The summed E-state index contributed by atoms with van der Waals surface area (Å²) >= 11 is 0. The van der Waals surface area contributed by atoms with E-state index in [0.29, 0.717) is 31.6 Å². The molecule has 0 unspecified atom stereocenters. The molecule has 5 rings (SSSR count). The quantitative estimate of drug-likeness (QED) is 0.122. The van der Waals surface area contributed by atoms with E-state index in [-0.39, 0.29) is 11.8 Å². The topological polar surface area (TPSA) is 92.4 Å². The minimum atomic E-state index is -1.21. The van der Waals surface area contributed by atoms with Gasteiger partial charge < -0.3 is 28.7 Å². The fraction of sp³-hybridized carbons (Fsp3) is 0.516. The van der Waals surface area contributed by atoms with Gasteiger partial charge in [-0.1, -0.05) is 39.3 Å². The number of anilines is 1. The summed E-state index contributed by atoms with van der Waals surface area (Å²) < 4.78 is 22.2. The molecule has 1 amide bonds. The molecular formula is C31H45N5O4Si2. The molecule has 226 valence electrons. The highest BCUT2D eigenvalue weighted by Crippen LogP contribution is 2.40. The molecule has 1 N–H and O–H groups in total. The van der Waals surface area contributed by atoms with Gasteiger partial charge in [0.15, 0.2) is 5.75 Å². The van der Waals surface area contributed by atoms with Crippen LogP contribution in [0.1, 0.15) is 12.8 Å². The molecule has 9 nitrogen and oxygen atoms in total. The van der Waals surface area contributed by atoms with Gasteiger partial charge in [-0.25, -0.2) is 9.97 Å². The Morgan fingerprint density at radius 3 is 2.21 bits per heavy atom. The molecular weight excluding hydrogens is 563 g/mol. The van der Waals surface area contributed by atoms with Gasteiger partial charge in [-0.2, -0.15) is 0 Å². The molecule has 3 heterocycles. The van der Waals surface area contributed by atoms with Crippen LogP contribution >= 0.6 is 0 Å². The molecule has 11 heteroatoms.